The van der Waals surface area contributed by atoms with Gasteiger partial charge in [0.1, 0.15) is 23.7 Å². The smallest absolute Gasteiger partial charge is 0.271 e. The summed E-state index contributed by atoms with van der Waals surface area (Å²) in [6, 6.07) is 14.9. The third-order valence-corrected chi connectivity index (χ3v) is 4.69. The third kappa shape index (κ3) is 4.42. The first-order chi connectivity index (χ1) is 15.2. The molecule has 31 heavy (non-hydrogen) atoms. The lowest BCUT2D eigenvalue weighted by Gasteiger charge is -2.10. The molecule has 0 radical (unpaired) electrons. The first-order valence-electron chi connectivity index (χ1n) is 9.71. The van der Waals surface area contributed by atoms with Crippen molar-refractivity contribution in [1.82, 2.24) is 19.7 Å². The second kappa shape index (κ2) is 9.17. The van der Waals surface area contributed by atoms with Crippen molar-refractivity contribution in [3.63, 3.8) is 0 Å². The van der Waals surface area contributed by atoms with Crippen LogP contribution in [0.15, 0.2) is 67.1 Å². The quantitative estimate of drug-likeness (QED) is 0.442. The molecule has 2 aromatic carbocycles. The van der Waals surface area contributed by atoms with Gasteiger partial charge in [-0.3, -0.25) is 9.78 Å². The number of para-hydroxylation sites is 2. The number of nitrogens with zero attached hydrogens (tertiary/aromatic N) is 3. The number of fused-ring (bicyclic) bond motifs is 1. The maximum Gasteiger partial charge on any atom is 0.271 e. The van der Waals surface area contributed by atoms with Crippen molar-refractivity contribution >= 4 is 11.6 Å². The van der Waals surface area contributed by atoms with Crippen LogP contribution in [-0.4, -0.2) is 47.6 Å². The molecule has 1 N–H and O–H groups in total. The molecular weight excluding hydrogens is 396 g/mol. The van der Waals surface area contributed by atoms with Crippen molar-refractivity contribution in [2.75, 3.05) is 27.4 Å². The molecule has 4 rings (SSSR count). The van der Waals surface area contributed by atoms with E-state index in [4.69, 9.17) is 14.2 Å². The van der Waals surface area contributed by atoms with Gasteiger partial charge in [0.15, 0.2) is 17.1 Å². The first kappa shape index (κ1) is 20.2. The second-order valence-corrected chi connectivity index (χ2v) is 6.62. The number of methoxy groups -OCH3 is 2. The largest absolute Gasteiger partial charge is 0.497 e. The summed E-state index contributed by atoms with van der Waals surface area (Å²) in [5, 5.41) is 2.82. The van der Waals surface area contributed by atoms with Crippen LogP contribution in [0.2, 0.25) is 0 Å². The molecule has 0 unspecified atom stereocenters. The van der Waals surface area contributed by atoms with Gasteiger partial charge in [0.25, 0.3) is 5.91 Å². The van der Waals surface area contributed by atoms with E-state index in [2.05, 4.69) is 15.3 Å². The zero-order valence-corrected chi connectivity index (χ0v) is 17.2. The average Bonchev–Trinajstić information content (AvgIpc) is 3.27. The molecule has 8 nitrogen and oxygen atoms in total. The van der Waals surface area contributed by atoms with Crippen molar-refractivity contribution in [3.05, 3.63) is 72.8 Å². The fraction of sp³-hybridized carbons (Fsp3) is 0.174. The van der Waals surface area contributed by atoms with Crippen LogP contribution < -0.4 is 19.5 Å². The third-order valence-electron chi connectivity index (χ3n) is 4.69. The van der Waals surface area contributed by atoms with E-state index < -0.39 is 0 Å². The van der Waals surface area contributed by atoms with Crippen LogP contribution in [-0.2, 0) is 0 Å². The number of imidazole rings is 1. The molecule has 2 aromatic heterocycles. The SMILES string of the molecule is COc1ccc(-c2nccn3cc(C(=O)NCCOc4ccccc4OC)nc23)cc1. The molecule has 4 aromatic rings. The Morgan fingerprint density at radius 2 is 1.81 bits per heavy atom. The lowest BCUT2D eigenvalue weighted by Crippen LogP contribution is -2.28. The zero-order valence-electron chi connectivity index (χ0n) is 17.2. The van der Waals surface area contributed by atoms with E-state index in [1.54, 1.807) is 37.2 Å². The van der Waals surface area contributed by atoms with Crippen LogP contribution in [0, 0.1) is 0 Å². The van der Waals surface area contributed by atoms with Crippen LogP contribution in [0.5, 0.6) is 17.2 Å². The first-order valence-corrected chi connectivity index (χ1v) is 9.71. The number of carbonyl (C=O) groups is 1. The summed E-state index contributed by atoms with van der Waals surface area (Å²) >= 11 is 0. The van der Waals surface area contributed by atoms with E-state index in [-0.39, 0.29) is 5.91 Å². The Kier molecular flexibility index (Phi) is 5.98. The highest BCUT2D eigenvalue weighted by atomic mass is 16.5. The van der Waals surface area contributed by atoms with Gasteiger partial charge < -0.3 is 23.9 Å². The summed E-state index contributed by atoms with van der Waals surface area (Å²) in [6.07, 6.45) is 5.12. The highest BCUT2D eigenvalue weighted by Gasteiger charge is 2.14. The van der Waals surface area contributed by atoms with E-state index in [0.717, 1.165) is 11.3 Å². The number of carbonyl (C=O) groups excluding carboxylic acids is 1. The van der Waals surface area contributed by atoms with E-state index in [1.807, 2.05) is 48.5 Å². The molecule has 0 spiro atoms. The van der Waals surface area contributed by atoms with Crippen molar-refractivity contribution in [2.24, 2.45) is 0 Å². The molecule has 0 atom stereocenters. The number of benzene rings is 2. The number of ether oxygens (including phenoxy) is 3. The Bertz CT molecular complexity index is 1190. The van der Waals surface area contributed by atoms with Gasteiger partial charge in [-0.25, -0.2) is 4.98 Å². The van der Waals surface area contributed by atoms with Crippen molar-refractivity contribution in [2.45, 2.75) is 0 Å². The topological polar surface area (TPSA) is 87.0 Å². The summed E-state index contributed by atoms with van der Waals surface area (Å²) in [5.41, 5.74) is 2.47. The van der Waals surface area contributed by atoms with Gasteiger partial charge in [0.2, 0.25) is 0 Å². The number of hydrogen-bond donors (Lipinski definition) is 1. The standard InChI is InChI=1S/C23H22N4O4/c1-29-17-9-7-16(8-10-17)21-22-26-18(15-27(22)13-11-24-21)23(28)25-12-14-31-20-6-4-3-5-19(20)30-2/h3-11,13,15H,12,14H2,1-2H3,(H,25,28). The fourth-order valence-electron chi connectivity index (χ4n) is 3.14. The van der Waals surface area contributed by atoms with Gasteiger partial charge in [0, 0.05) is 24.2 Å². The average molecular weight is 418 g/mol. The normalized spacial score (nSPS) is 10.6. The number of hydrogen-bond acceptors (Lipinski definition) is 6. The Morgan fingerprint density at radius 1 is 1.03 bits per heavy atom. The monoisotopic (exact) mass is 418 g/mol. The molecule has 0 saturated heterocycles. The second-order valence-electron chi connectivity index (χ2n) is 6.62. The fourth-order valence-corrected chi connectivity index (χ4v) is 3.14. The zero-order chi connectivity index (χ0) is 21.6. The van der Waals surface area contributed by atoms with Gasteiger partial charge in [-0.05, 0) is 36.4 Å². The summed E-state index contributed by atoms with van der Waals surface area (Å²) in [6.45, 7) is 0.631. The highest BCUT2D eigenvalue weighted by Crippen LogP contribution is 2.26. The predicted molar refractivity (Wildman–Crippen MR) is 116 cm³/mol. The molecular formula is C23H22N4O4. The maximum absolute atomic E-state index is 12.6. The van der Waals surface area contributed by atoms with Crippen molar-refractivity contribution in [3.8, 4) is 28.5 Å². The van der Waals surface area contributed by atoms with E-state index in [9.17, 15) is 4.79 Å². The van der Waals surface area contributed by atoms with E-state index >= 15 is 0 Å². The van der Waals surface area contributed by atoms with Crippen LogP contribution in [0.1, 0.15) is 10.5 Å². The number of rotatable bonds is 8. The summed E-state index contributed by atoms with van der Waals surface area (Å²) in [7, 11) is 3.21. The van der Waals surface area contributed by atoms with Gasteiger partial charge >= 0.3 is 0 Å². The van der Waals surface area contributed by atoms with E-state index in [1.165, 1.54) is 0 Å². The number of nitrogens with one attached hydrogen (secondary N) is 1. The Morgan fingerprint density at radius 3 is 2.55 bits per heavy atom. The lowest BCUT2D eigenvalue weighted by atomic mass is 10.1. The minimum atomic E-state index is -0.284. The van der Waals surface area contributed by atoms with Crippen LogP contribution in [0.4, 0.5) is 0 Å². The van der Waals surface area contributed by atoms with Gasteiger partial charge in [-0.15, -0.1) is 0 Å². The molecule has 1 amide bonds. The Hall–Kier alpha value is -4.07. The highest BCUT2D eigenvalue weighted by molar-refractivity contribution is 5.93. The molecule has 0 bridgehead atoms. The van der Waals surface area contributed by atoms with Crippen LogP contribution >= 0.6 is 0 Å². The van der Waals surface area contributed by atoms with Crippen LogP contribution in [0.3, 0.4) is 0 Å². The Balaban J connectivity index is 1.44. The Labute approximate surface area is 179 Å². The lowest BCUT2D eigenvalue weighted by molar-refractivity contribution is 0.0942. The summed E-state index contributed by atoms with van der Waals surface area (Å²) in [4.78, 5) is 21.5. The van der Waals surface area contributed by atoms with Gasteiger partial charge in [0.05, 0.1) is 20.8 Å². The minimum absolute atomic E-state index is 0.284. The van der Waals surface area contributed by atoms with E-state index in [0.29, 0.717) is 41.7 Å². The van der Waals surface area contributed by atoms with Crippen molar-refractivity contribution < 1.29 is 19.0 Å². The molecule has 0 aliphatic carbocycles. The number of aromatic nitrogens is 3. The molecule has 0 aliphatic heterocycles. The molecule has 0 aliphatic rings. The molecule has 0 fully saturated rings. The van der Waals surface area contributed by atoms with Gasteiger partial charge in [-0.2, -0.15) is 0 Å². The molecule has 8 heteroatoms. The van der Waals surface area contributed by atoms with Gasteiger partial charge in [-0.1, -0.05) is 12.1 Å². The van der Waals surface area contributed by atoms with Crippen LogP contribution in [0.25, 0.3) is 16.9 Å². The molecule has 158 valence electrons. The van der Waals surface area contributed by atoms with Crippen molar-refractivity contribution in [1.29, 1.82) is 0 Å². The maximum atomic E-state index is 12.6. The minimum Gasteiger partial charge on any atom is -0.497 e. The summed E-state index contributed by atoms with van der Waals surface area (Å²) < 4.78 is 17.9. The summed E-state index contributed by atoms with van der Waals surface area (Å²) in [5.74, 6) is 1.75. The molecule has 0 saturated carbocycles. The predicted octanol–water partition coefficient (Wildman–Crippen LogP) is 3.22. The number of amides is 1. The molecule has 2 heterocycles.